The van der Waals surface area contributed by atoms with E-state index < -0.39 is 21.5 Å². The first kappa shape index (κ1) is 35.0. The van der Waals surface area contributed by atoms with Gasteiger partial charge in [0.25, 0.3) is 10.0 Å². The highest BCUT2D eigenvalue weighted by molar-refractivity contribution is 7.98. The van der Waals surface area contributed by atoms with Gasteiger partial charge in [-0.15, -0.1) is 0 Å². The van der Waals surface area contributed by atoms with Crippen LogP contribution < -0.4 is 14.9 Å². The third kappa shape index (κ3) is 8.04. The van der Waals surface area contributed by atoms with Gasteiger partial charge in [0, 0.05) is 48.1 Å². The lowest BCUT2D eigenvalue weighted by Gasteiger charge is -2.32. The van der Waals surface area contributed by atoms with Gasteiger partial charge in [-0.05, 0) is 66.7 Å². The predicted octanol–water partition coefficient (Wildman–Crippen LogP) is 6.10. The number of rotatable bonds is 10. The van der Waals surface area contributed by atoms with Crippen molar-refractivity contribution in [2.45, 2.75) is 35.1 Å². The van der Waals surface area contributed by atoms with Crippen molar-refractivity contribution in [2.75, 3.05) is 40.3 Å². The maximum absolute atomic E-state index is 13.9. The molecule has 1 aliphatic heterocycles. The molecule has 2 amide bonds. The van der Waals surface area contributed by atoms with Crippen molar-refractivity contribution >= 4 is 51.0 Å². The Morgan fingerprint density at radius 3 is 2.38 bits per heavy atom. The lowest BCUT2D eigenvalue weighted by atomic mass is 9.81. The predicted molar refractivity (Wildman–Crippen MR) is 183 cm³/mol. The van der Waals surface area contributed by atoms with Gasteiger partial charge in [-0.25, -0.2) is 32.3 Å². The molecule has 0 unspecified atom stereocenters. The SMILES string of the molecule is COc1cc(C(C)(C)c2cnc(SCc3ccc(S(=O)(=O)NC(=O)NN4CCN(C)CC4)cc3Cl)n2-c2ccc(F)cc2)ccc1Cl. The number of piperazine rings is 1. The number of hydrogen-bond donors (Lipinski definition) is 2. The maximum atomic E-state index is 13.9. The van der Waals surface area contributed by atoms with Gasteiger partial charge in [-0.2, -0.15) is 0 Å². The Bertz CT molecular complexity index is 1860. The minimum atomic E-state index is -4.18. The summed E-state index contributed by atoms with van der Waals surface area (Å²) in [4.78, 5) is 19.1. The molecular formula is C32H35Cl2FN6O4S2. The minimum absolute atomic E-state index is 0.139. The summed E-state index contributed by atoms with van der Waals surface area (Å²) in [7, 11) is -0.636. The molecular weight excluding hydrogens is 686 g/mol. The van der Waals surface area contributed by atoms with Gasteiger partial charge in [0.2, 0.25) is 0 Å². The lowest BCUT2D eigenvalue weighted by Crippen LogP contribution is -2.55. The quantitative estimate of drug-likeness (QED) is 0.190. The van der Waals surface area contributed by atoms with Crippen molar-refractivity contribution in [1.29, 1.82) is 0 Å². The lowest BCUT2D eigenvalue weighted by molar-refractivity contribution is 0.114. The molecule has 1 saturated heterocycles. The molecule has 0 bridgehead atoms. The number of carbonyl (C=O) groups excluding carboxylic acids is 1. The molecule has 0 spiro atoms. The van der Waals surface area contributed by atoms with E-state index in [0.29, 0.717) is 46.0 Å². The highest BCUT2D eigenvalue weighted by atomic mass is 35.5. The van der Waals surface area contributed by atoms with E-state index in [0.717, 1.165) is 24.3 Å². The molecule has 1 aliphatic rings. The molecule has 1 aromatic heterocycles. The second-order valence-corrected chi connectivity index (χ2v) is 15.0. The average Bonchev–Trinajstić information content (AvgIpc) is 3.46. The molecule has 2 N–H and O–H groups in total. The molecule has 2 heterocycles. The second-order valence-electron chi connectivity index (χ2n) is 11.6. The van der Waals surface area contributed by atoms with Crippen molar-refractivity contribution < 1.29 is 22.3 Å². The molecule has 0 saturated carbocycles. The van der Waals surface area contributed by atoms with Crippen LogP contribution >= 0.6 is 35.0 Å². The molecule has 3 aromatic carbocycles. The highest BCUT2D eigenvalue weighted by Crippen LogP contribution is 2.39. The molecule has 250 valence electrons. The zero-order valence-corrected chi connectivity index (χ0v) is 29.4. The third-order valence-electron chi connectivity index (χ3n) is 8.01. The average molecular weight is 722 g/mol. The first-order chi connectivity index (χ1) is 22.3. The van der Waals surface area contributed by atoms with E-state index in [2.05, 4.69) is 28.9 Å². The number of nitrogens with zero attached hydrogens (tertiary/aromatic N) is 4. The maximum Gasteiger partial charge on any atom is 0.343 e. The summed E-state index contributed by atoms with van der Waals surface area (Å²) in [6, 6.07) is 15.2. The topological polar surface area (TPSA) is 109 Å². The molecule has 0 radical (unpaired) electrons. The summed E-state index contributed by atoms with van der Waals surface area (Å²) < 4.78 is 49.3. The summed E-state index contributed by atoms with van der Waals surface area (Å²) in [6.07, 6.45) is 1.78. The number of imidazole rings is 1. The number of halogens is 3. The monoisotopic (exact) mass is 720 g/mol. The van der Waals surface area contributed by atoms with Crippen LogP contribution in [0.25, 0.3) is 5.69 Å². The van der Waals surface area contributed by atoms with Crippen molar-refractivity contribution in [3.8, 4) is 11.4 Å². The Kier molecular flexibility index (Phi) is 10.7. The van der Waals surface area contributed by atoms with E-state index in [-0.39, 0.29) is 15.7 Å². The first-order valence-corrected chi connectivity index (χ1v) is 17.9. The highest BCUT2D eigenvalue weighted by Gasteiger charge is 2.30. The van der Waals surface area contributed by atoms with Gasteiger partial charge < -0.3 is 9.64 Å². The van der Waals surface area contributed by atoms with Crippen LogP contribution in [0.2, 0.25) is 10.0 Å². The van der Waals surface area contributed by atoms with E-state index in [4.69, 9.17) is 32.9 Å². The van der Waals surface area contributed by atoms with Gasteiger partial charge in [0.05, 0.1) is 28.9 Å². The number of hydrazine groups is 1. The van der Waals surface area contributed by atoms with E-state index in [1.54, 1.807) is 42.6 Å². The number of benzene rings is 3. The van der Waals surface area contributed by atoms with Gasteiger partial charge in [-0.3, -0.25) is 9.99 Å². The molecule has 4 aromatic rings. The fraction of sp³-hybridized carbons (Fsp3) is 0.312. The number of ether oxygens (including phenoxy) is 1. The number of urea groups is 1. The fourth-order valence-corrected chi connectivity index (χ4v) is 7.64. The van der Waals surface area contributed by atoms with E-state index >= 15 is 0 Å². The van der Waals surface area contributed by atoms with Crippen LogP contribution in [0.1, 0.15) is 30.7 Å². The normalized spacial score (nSPS) is 14.6. The Morgan fingerprint density at radius 2 is 1.72 bits per heavy atom. The summed E-state index contributed by atoms with van der Waals surface area (Å²) in [5.74, 6) is 0.536. The van der Waals surface area contributed by atoms with Crippen LogP contribution in [0.4, 0.5) is 9.18 Å². The minimum Gasteiger partial charge on any atom is -0.495 e. The number of thioether (sulfide) groups is 1. The fourth-order valence-electron chi connectivity index (χ4n) is 5.13. The number of likely N-dealkylation sites (N-methyl/N-ethyl adjacent to an activating group) is 1. The van der Waals surface area contributed by atoms with Crippen molar-refractivity contribution in [1.82, 2.24) is 29.6 Å². The van der Waals surface area contributed by atoms with Crippen LogP contribution in [-0.4, -0.2) is 74.2 Å². The number of amides is 2. The summed E-state index contributed by atoms with van der Waals surface area (Å²) in [6.45, 7) is 6.77. The number of hydrogen-bond acceptors (Lipinski definition) is 8. The molecule has 0 atom stereocenters. The van der Waals surface area contributed by atoms with Crippen molar-refractivity contribution in [2.24, 2.45) is 0 Å². The number of carbonyl (C=O) groups is 1. The Balaban J connectivity index is 1.36. The van der Waals surface area contributed by atoms with E-state index in [9.17, 15) is 17.6 Å². The van der Waals surface area contributed by atoms with Crippen LogP contribution in [0.3, 0.4) is 0 Å². The van der Waals surface area contributed by atoms with Gasteiger partial charge in [0.1, 0.15) is 11.6 Å². The Morgan fingerprint density at radius 1 is 1.02 bits per heavy atom. The van der Waals surface area contributed by atoms with Crippen LogP contribution in [0, 0.1) is 5.82 Å². The summed E-state index contributed by atoms with van der Waals surface area (Å²) in [5, 5.41) is 3.01. The van der Waals surface area contributed by atoms with Crippen LogP contribution in [0.15, 0.2) is 76.9 Å². The van der Waals surface area contributed by atoms with Gasteiger partial charge in [-0.1, -0.05) is 60.9 Å². The zero-order chi connectivity index (χ0) is 33.9. The number of aromatic nitrogens is 2. The van der Waals surface area contributed by atoms with Crippen molar-refractivity contribution in [3.63, 3.8) is 0 Å². The third-order valence-corrected chi connectivity index (χ3v) is 11.0. The van der Waals surface area contributed by atoms with E-state index in [1.807, 2.05) is 23.7 Å². The molecule has 47 heavy (non-hydrogen) atoms. The van der Waals surface area contributed by atoms with E-state index in [1.165, 1.54) is 36.0 Å². The number of methoxy groups -OCH3 is 1. The first-order valence-electron chi connectivity index (χ1n) is 14.6. The van der Waals surface area contributed by atoms with Gasteiger partial charge in [0.15, 0.2) is 5.16 Å². The molecule has 0 aliphatic carbocycles. The number of nitrogens with one attached hydrogen (secondary N) is 2. The van der Waals surface area contributed by atoms with Crippen LogP contribution in [-0.2, 0) is 21.2 Å². The number of sulfonamides is 1. The largest absolute Gasteiger partial charge is 0.495 e. The molecule has 10 nitrogen and oxygen atoms in total. The standard InChI is InChI=1S/C32H35Cl2FN6O4S2/c1-32(2,22-6-12-26(33)28(17-22)45-4)29-19-36-31(41(29)24-9-7-23(35)8-10-24)46-20-21-5-11-25(18-27(21)34)47(43,44)38-30(42)37-40-15-13-39(3)14-16-40/h5-12,17-19H,13-16,20H2,1-4H3,(H2,37,38,42). The van der Waals surface area contributed by atoms with Crippen molar-refractivity contribution in [3.05, 3.63) is 99.5 Å². The molecule has 5 rings (SSSR count). The second kappa shape index (κ2) is 14.4. The summed E-state index contributed by atoms with van der Waals surface area (Å²) >= 11 is 14.3. The summed E-state index contributed by atoms with van der Waals surface area (Å²) in [5.41, 5.74) is 5.15. The zero-order valence-electron chi connectivity index (χ0n) is 26.3. The molecule has 15 heteroatoms. The Labute approximate surface area is 288 Å². The smallest absolute Gasteiger partial charge is 0.343 e. The Hall–Kier alpha value is -3.33. The van der Waals surface area contributed by atoms with Gasteiger partial charge >= 0.3 is 6.03 Å². The molecule has 1 fully saturated rings. The van der Waals surface area contributed by atoms with Crippen LogP contribution in [0.5, 0.6) is 5.75 Å².